The number of aliphatic hydroxyl groups is 1. The second-order valence-corrected chi connectivity index (χ2v) is 11.1. The van der Waals surface area contributed by atoms with E-state index in [4.69, 9.17) is 4.74 Å². The number of benzene rings is 1. The van der Waals surface area contributed by atoms with Gasteiger partial charge in [-0.1, -0.05) is 42.5 Å². The summed E-state index contributed by atoms with van der Waals surface area (Å²) in [5, 5.41) is 15.4. The summed E-state index contributed by atoms with van der Waals surface area (Å²) < 4.78 is 7.18. The van der Waals surface area contributed by atoms with Gasteiger partial charge in [-0.15, -0.1) is 22.7 Å². The first-order valence-corrected chi connectivity index (χ1v) is 13.3. The molecule has 0 radical (unpaired) electrons. The summed E-state index contributed by atoms with van der Waals surface area (Å²) in [7, 11) is 0. The van der Waals surface area contributed by atoms with Gasteiger partial charge in [0.25, 0.3) is 0 Å². The number of hydrogen-bond donors (Lipinski definition) is 1. The van der Waals surface area contributed by atoms with E-state index >= 15 is 0 Å². The van der Waals surface area contributed by atoms with Gasteiger partial charge in [-0.2, -0.15) is 0 Å². The molecule has 3 fully saturated rings. The van der Waals surface area contributed by atoms with Crippen LogP contribution in [0.5, 0.6) is 0 Å². The first-order chi connectivity index (χ1) is 15.6. The Hall–Kier alpha value is -1.99. The number of nitrogens with zero attached hydrogens (tertiary/aromatic N) is 1. The number of esters is 1. The molecule has 5 heterocycles. The zero-order valence-electron chi connectivity index (χ0n) is 18.2. The van der Waals surface area contributed by atoms with Crippen molar-refractivity contribution in [3.8, 4) is 0 Å². The predicted molar refractivity (Wildman–Crippen MR) is 129 cm³/mol. The van der Waals surface area contributed by atoms with Crippen molar-refractivity contribution < 1.29 is 19.1 Å². The van der Waals surface area contributed by atoms with Crippen molar-refractivity contribution in [1.29, 1.82) is 0 Å². The van der Waals surface area contributed by atoms with Crippen molar-refractivity contribution in [3.05, 3.63) is 80.7 Å². The smallest absolute Gasteiger partial charge is 0.349 e. The number of thiophene rings is 2. The molecule has 3 aliphatic heterocycles. The van der Waals surface area contributed by atoms with E-state index in [-0.39, 0.29) is 6.10 Å². The van der Waals surface area contributed by atoms with Gasteiger partial charge in [0, 0.05) is 25.2 Å². The summed E-state index contributed by atoms with van der Waals surface area (Å²) in [4.78, 5) is 14.7. The van der Waals surface area contributed by atoms with Crippen molar-refractivity contribution in [1.82, 2.24) is 0 Å². The van der Waals surface area contributed by atoms with Gasteiger partial charge in [0.1, 0.15) is 6.54 Å². The van der Waals surface area contributed by atoms with Crippen LogP contribution in [-0.2, 0) is 21.6 Å². The molecular formula is C26H30NO3S2+. The molecule has 1 N–H and O–H groups in total. The highest BCUT2D eigenvalue weighted by Gasteiger charge is 2.51. The van der Waals surface area contributed by atoms with E-state index in [1.54, 1.807) is 0 Å². The van der Waals surface area contributed by atoms with Crippen molar-refractivity contribution >= 4 is 28.6 Å². The summed E-state index contributed by atoms with van der Waals surface area (Å²) in [5.41, 5.74) is -0.329. The predicted octanol–water partition coefficient (Wildman–Crippen LogP) is 4.83. The van der Waals surface area contributed by atoms with Gasteiger partial charge in [0.15, 0.2) is 6.10 Å². The Labute approximate surface area is 197 Å². The highest BCUT2D eigenvalue weighted by atomic mass is 32.1. The van der Waals surface area contributed by atoms with Crippen LogP contribution in [0.4, 0.5) is 0 Å². The van der Waals surface area contributed by atoms with E-state index in [1.165, 1.54) is 41.3 Å². The highest BCUT2D eigenvalue weighted by Crippen LogP contribution is 2.40. The van der Waals surface area contributed by atoms with Gasteiger partial charge in [0.05, 0.1) is 29.4 Å². The molecule has 4 nitrogen and oxygen atoms in total. The second kappa shape index (κ2) is 9.10. The van der Waals surface area contributed by atoms with Crippen LogP contribution in [0, 0.1) is 5.92 Å². The van der Waals surface area contributed by atoms with Crippen LogP contribution in [-0.4, -0.2) is 47.8 Å². The Kier molecular flexibility index (Phi) is 6.21. The number of aryl methyl sites for hydroxylation is 1. The van der Waals surface area contributed by atoms with E-state index in [0.29, 0.717) is 15.7 Å². The minimum Gasteiger partial charge on any atom is -0.453 e. The molecule has 1 aromatic carbocycles. The lowest BCUT2D eigenvalue weighted by atomic mass is 9.82. The van der Waals surface area contributed by atoms with Crippen molar-refractivity contribution in [2.45, 2.75) is 37.4 Å². The molecule has 0 aliphatic carbocycles. The zero-order chi connectivity index (χ0) is 22.0. The minimum atomic E-state index is -1.72. The van der Waals surface area contributed by atoms with E-state index in [9.17, 15) is 9.90 Å². The fourth-order valence-corrected chi connectivity index (χ4v) is 7.16. The third kappa shape index (κ3) is 4.17. The molecule has 168 valence electrons. The number of quaternary nitrogens is 1. The third-order valence-corrected chi connectivity index (χ3v) is 9.25. The molecule has 0 saturated carbocycles. The number of ether oxygens (including phenoxy) is 1. The summed E-state index contributed by atoms with van der Waals surface area (Å²) in [6.07, 6.45) is 4.31. The van der Waals surface area contributed by atoms with Crippen LogP contribution in [0.1, 0.15) is 34.6 Å². The molecule has 3 aromatic rings. The first kappa shape index (κ1) is 21.8. The number of hydrogen-bond acceptors (Lipinski definition) is 5. The van der Waals surface area contributed by atoms with Crippen LogP contribution in [0.3, 0.4) is 0 Å². The normalized spacial score (nSPS) is 25.0. The fourth-order valence-electron chi connectivity index (χ4n) is 5.45. The molecule has 1 atom stereocenters. The number of piperidine rings is 3. The third-order valence-electron chi connectivity index (χ3n) is 7.29. The maximum absolute atomic E-state index is 13.4. The van der Waals surface area contributed by atoms with E-state index in [2.05, 4.69) is 30.3 Å². The van der Waals surface area contributed by atoms with Gasteiger partial charge < -0.3 is 14.3 Å². The fraction of sp³-hybridized carbons (Fsp3) is 0.423. The van der Waals surface area contributed by atoms with Crippen molar-refractivity contribution in [3.63, 3.8) is 0 Å². The molecule has 3 aliphatic rings. The first-order valence-electron chi connectivity index (χ1n) is 11.5. The Morgan fingerprint density at radius 3 is 2.25 bits per heavy atom. The van der Waals surface area contributed by atoms with Crippen LogP contribution in [0.2, 0.25) is 0 Å². The van der Waals surface area contributed by atoms with Gasteiger partial charge >= 0.3 is 5.97 Å². The highest BCUT2D eigenvalue weighted by molar-refractivity contribution is 7.12. The lowest BCUT2D eigenvalue weighted by Crippen LogP contribution is -2.65. The van der Waals surface area contributed by atoms with Gasteiger partial charge in [-0.3, -0.25) is 0 Å². The molecule has 6 rings (SSSR count). The van der Waals surface area contributed by atoms with Crippen LogP contribution in [0.15, 0.2) is 65.4 Å². The lowest BCUT2D eigenvalue weighted by Gasteiger charge is -2.52. The van der Waals surface area contributed by atoms with E-state index in [1.807, 2.05) is 35.0 Å². The maximum Gasteiger partial charge on any atom is 0.349 e. The number of rotatable bonds is 8. The number of fused-ring (bicyclic) bond motifs is 3. The molecule has 2 aromatic heterocycles. The average Bonchev–Trinajstić information content (AvgIpc) is 3.55. The molecule has 0 unspecified atom stereocenters. The summed E-state index contributed by atoms with van der Waals surface area (Å²) >= 11 is 2.79. The summed E-state index contributed by atoms with van der Waals surface area (Å²) in [5.74, 6) is -0.118. The van der Waals surface area contributed by atoms with Crippen molar-refractivity contribution in [2.75, 3.05) is 26.2 Å². The molecule has 0 amide bonds. The quantitative estimate of drug-likeness (QED) is 0.380. The largest absolute Gasteiger partial charge is 0.453 e. The molecule has 32 heavy (non-hydrogen) atoms. The van der Waals surface area contributed by atoms with E-state index < -0.39 is 11.6 Å². The molecule has 2 bridgehead atoms. The molecule has 3 saturated heterocycles. The topological polar surface area (TPSA) is 46.5 Å². The van der Waals surface area contributed by atoms with Gasteiger partial charge in [-0.25, -0.2) is 4.79 Å². The SMILES string of the molecule is O=C(O[C@H]1C[N+]2(CCCc3ccccc3)CCC1CC2)C(O)(c1cccs1)c1cccs1. The van der Waals surface area contributed by atoms with Gasteiger partial charge in [0.2, 0.25) is 5.60 Å². The molecule has 0 spiro atoms. The Balaban J connectivity index is 1.28. The molecular weight excluding hydrogens is 438 g/mol. The van der Waals surface area contributed by atoms with Crippen LogP contribution >= 0.6 is 22.7 Å². The minimum absolute atomic E-state index is 0.117. The van der Waals surface area contributed by atoms with Crippen LogP contribution in [0.25, 0.3) is 0 Å². The number of carbonyl (C=O) groups excluding carboxylic acids is 1. The Morgan fingerprint density at radius 2 is 1.66 bits per heavy atom. The van der Waals surface area contributed by atoms with Crippen molar-refractivity contribution in [2.24, 2.45) is 5.92 Å². The number of carbonyl (C=O) groups is 1. The zero-order valence-corrected chi connectivity index (χ0v) is 19.8. The van der Waals surface area contributed by atoms with Crippen LogP contribution < -0.4 is 0 Å². The van der Waals surface area contributed by atoms with Gasteiger partial charge in [-0.05, 0) is 34.9 Å². The Morgan fingerprint density at radius 1 is 1.00 bits per heavy atom. The monoisotopic (exact) mass is 468 g/mol. The molecule has 6 heteroatoms. The van der Waals surface area contributed by atoms with E-state index in [0.717, 1.165) is 43.3 Å². The lowest BCUT2D eigenvalue weighted by molar-refractivity contribution is -0.946. The maximum atomic E-state index is 13.4. The Bertz CT molecular complexity index is 975. The summed E-state index contributed by atoms with van der Waals surface area (Å²) in [6, 6.07) is 18.0. The second-order valence-electron chi connectivity index (χ2n) is 9.23. The average molecular weight is 469 g/mol. The summed E-state index contributed by atoms with van der Waals surface area (Å²) in [6.45, 7) is 4.34. The standard InChI is InChI=1S/C26H30NO3S2/c28-25(26(29,23-10-5-17-31-23)24-11-6-18-32-24)30-22-19-27(15-12-21(22)13-16-27)14-4-9-20-7-2-1-3-8-20/h1-3,5-8,10-11,17-18,21-22,29H,4,9,12-16,19H2/q+1/t21?,22-,27?/m0/s1.